The third-order valence-electron chi connectivity index (χ3n) is 6.38. The van der Waals surface area contributed by atoms with Crippen LogP contribution in [0, 0.1) is 0 Å². The number of ether oxygens (including phenoxy) is 2. The van der Waals surface area contributed by atoms with Crippen molar-refractivity contribution in [1.29, 1.82) is 0 Å². The monoisotopic (exact) mass is 661 g/mol. The van der Waals surface area contributed by atoms with Crippen LogP contribution in [0.3, 0.4) is 0 Å². The van der Waals surface area contributed by atoms with Crippen LogP contribution in [-0.4, -0.2) is 48.7 Å². The van der Waals surface area contributed by atoms with Gasteiger partial charge in [-0.3, -0.25) is 0 Å². The molecule has 13 heteroatoms. The molecule has 1 unspecified atom stereocenters. The number of anilines is 1. The van der Waals surface area contributed by atoms with Crippen LogP contribution in [0.5, 0.6) is 5.75 Å². The summed E-state index contributed by atoms with van der Waals surface area (Å²) in [6.07, 6.45) is 0. The molecule has 0 aliphatic carbocycles. The molecule has 0 spiro atoms. The summed E-state index contributed by atoms with van der Waals surface area (Å²) in [5.41, 5.74) is 3.96. The van der Waals surface area contributed by atoms with E-state index in [1.165, 1.54) is 23.1 Å². The Morgan fingerprint density at radius 2 is 1.81 bits per heavy atom. The van der Waals surface area contributed by atoms with Crippen molar-refractivity contribution in [2.45, 2.75) is 23.9 Å². The van der Waals surface area contributed by atoms with E-state index >= 15 is 0 Å². The van der Waals surface area contributed by atoms with Crippen LogP contribution in [0.2, 0.25) is 0 Å². The highest BCUT2D eigenvalue weighted by atomic mass is 79.9. The van der Waals surface area contributed by atoms with Gasteiger partial charge < -0.3 is 14.8 Å². The van der Waals surface area contributed by atoms with Gasteiger partial charge in [0.1, 0.15) is 23.4 Å². The largest absolute Gasteiger partial charge is 0.489 e. The van der Waals surface area contributed by atoms with Gasteiger partial charge in [-0.2, -0.15) is 4.68 Å². The number of rotatable bonds is 10. The molecule has 0 saturated carbocycles. The Labute approximate surface area is 258 Å². The van der Waals surface area contributed by atoms with Crippen molar-refractivity contribution in [3.63, 3.8) is 0 Å². The fourth-order valence-electron chi connectivity index (χ4n) is 4.40. The van der Waals surface area contributed by atoms with E-state index in [4.69, 9.17) is 9.47 Å². The van der Waals surface area contributed by atoms with E-state index in [0.717, 1.165) is 30.5 Å². The number of hydrogen-bond acceptors (Lipinski definition) is 11. The lowest BCUT2D eigenvalue weighted by molar-refractivity contribution is -0.139. The first-order chi connectivity index (χ1) is 20.6. The van der Waals surface area contributed by atoms with Crippen LogP contribution in [0.15, 0.2) is 98.9 Å². The van der Waals surface area contributed by atoms with E-state index in [1.807, 2.05) is 78.9 Å². The zero-order valence-corrected chi connectivity index (χ0v) is 25.5. The minimum atomic E-state index is -0.597. The standard InChI is InChI=1S/C29H24BrN7O3S2/c1-2-39-27(38)24-23(17-41-29-34-32-26(42-29)20-6-4-3-5-7-20)31-28-33-35-36-37(28)25(24)19-10-14-22(15-11-19)40-16-18-8-12-21(30)13-9-18/h3-15,25H,2,16-17H2,1H3,(H,31,33,36). The molecule has 0 radical (unpaired) electrons. The number of nitrogens with one attached hydrogen (secondary N) is 1. The molecule has 1 atom stereocenters. The lowest BCUT2D eigenvalue weighted by Gasteiger charge is -2.28. The Kier molecular flexibility index (Phi) is 8.58. The van der Waals surface area contributed by atoms with Crippen molar-refractivity contribution in [3.05, 3.63) is 106 Å². The van der Waals surface area contributed by atoms with E-state index in [-0.39, 0.29) is 6.61 Å². The zero-order chi connectivity index (χ0) is 28.9. The summed E-state index contributed by atoms with van der Waals surface area (Å²) in [6.45, 7) is 2.45. The average molecular weight is 663 g/mol. The number of hydrogen-bond donors (Lipinski definition) is 1. The highest BCUT2D eigenvalue weighted by Gasteiger charge is 2.36. The van der Waals surface area contributed by atoms with Crippen LogP contribution in [0.25, 0.3) is 10.6 Å². The van der Waals surface area contributed by atoms with Crippen LogP contribution in [0.4, 0.5) is 5.95 Å². The summed E-state index contributed by atoms with van der Waals surface area (Å²) in [4.78, 5) is 13.4. The van der Waals surface area contributed by atoms with E-state index in [9.17, 15) is 4.79 Å². The van der Waals surface area contributed by atoms with Crippen molar-refractivity contribution < 1.29 is 14.3 Å². The number of carbonyl (C=O) groups excluding carboxylic acids is 1. The molecule has 0 bridgehead atoms. The van der Waals surface area contributed by atoms with E-state index in [1.54, 1.807) is 11.6 Å². The van der Waals surface area contributed by atoms with Gasteiger partial charge in [-0.1, -0.05) is 98.7 Å². The highest BCUT2D eigenvalue weighted by molar-refractivity contribution is 9.10. The SMILES string of the molecule is CCOC(=O)C1=C(CSc2nnc(-c3ccccc3)s2)Nc2nnnn2C1c1ccc(OCc2ccc(Br)cc2)cc1. The molecule has 42 heavy (non-hydrogen) atoms. The minimum Gasteiger partial charge on any atom is -0.489 e. The lowest BCUT2D eigenvalue weighted by atomic mass is 9.95. The summed E-state index contributed by atoms with van der Waals surface area (Å²) in [7, 11) is 0. The Bertz CT molecular complexity index is 1710. The number of nitrogens with zero attached hydrogens (tertiary/aromatic N) is 6. The van der Waals surface area contributed by atoms with Crippen molar-refractivity contribution in [2.24, 2.45) is 0 Å². The number of tetrazole rings is 1. The number of benzene rings is 3. The summed E-state index contributed by atoms with van der Waals surface area (Å²) in [5.74, 6) is 1.11. The Morgan fingerprint density at radius 1 is 1.02 bits per heavy atom. The second kappa shape index (κ2) is 12.8. The maximum Gasteiger partial charge on any atom is 0.338 e. The molecule has 3 heterocycles. The third-order valence-corrected chi connectivity index (χ3v) is 9.04. The average Bonchev–Trinajstić information content (AvgIpc) is 3.70. The van der Waals surface area contributed by atoms with Crippen molar-refractivity contribution >= 4 is 50.9 Å². The van der Waals surface area contributed by atoms with Crippen LogP contribution in [0.1, 0.15) is 24.1 Å². The molecule has 5 aromatic rings. The van der Waals surface area contributed by atoms with Gasteiger partial charge in [0.2, 0.25) is 5.95 Å². The normalized spacial score (nSPS) is 14.3. The molecule has 10 nitrogen and oxygen atoms in total. The Balaban J connectivity index is 1.26. The number of carbonyl (C=O) groups is 1. The minimum absolute atomic E-state index is 0.234. The Morgan fingerprint density at radius 3 is 2.57 bits per heavy atom. The summed E-state index contributed by atoms with van der Waals surface area (Å²) >= 11 is 6.43. The third kappa shape index (κ3) is 6.22. The van der Waals surface area contributed by atoms with E-state index < -0.39 is 12.0 Å². The number of esters is 1. The molecule has 2 aromatic heterocycles. The number of fused-ring (bicyclic) bond motifs is 1. The smallest absolute Gasteiger partial charge is 0.338 e. The van der Waals surface area contributed by atoms with Gasteiger partial charge >= 0.3 is 5.97 Å². The van der Waals surface area contributed by atoms with E-state index in [0.29, 0.717) is 35.3 Å². The van der Waals surface area contributed by atoms with Crippen molar-refractivity contribution in [1.82, 2.24) is 30.4 Å². The highest BCUT2D eigenvalue weighted by Crippen LogP contribution is 2.38. The fourth-order valence-corrected chi connectivity index (χ4v) is 6.49. The second-order valence-corrected chi connectivity index (χ2v) is 12.2. The van der Waals surface area contributed by atoms with Gasteiger partial charge in [0.05, 0.1) is 12.2 Å². The lowest BCUT2D eigenvalue weighted by Crippen LogP contribution is -2.31. The maximum atomic E-state index is 13.4. The Hall–Kier alpha value is -4.07. The molecule has 6 rings (SSSR count). The summed E-state index contributed by atoms with van der Waals surface area (Å²) in [5, 5.41) is 25.0. The first-order valence-electron chi connectivity index (χ1n) is 13.0. The van der Waals surface area contributed by atoms with Crippen LogP contribution in [-0.2, 0) is 16.1 Å². The van der Waals surface area contributed by atoms with Gasteiger partial charge in [0.15, 0.2) is 4.34 Å². The molecule has 212 valence electrons. The van der Waals surface area contributed by atoms with Crippen LogP contribution >= 0.6 is 39.0 Å². The summed E-state index contributed by atoms with van der Waals surface area (Å²) < 4.78 is 14.9. The fraction of sp³-hybridized carbons (Fsp3) is 0.172. The molecule has 0 fully saturated rings. The number of thioether (sulfide) groups is 1. The molecular formula is C29H24BrN7O3S2. The van der Waals surface area contributed by atoms with Crippen LogP contribution < -0.4 is 10.1 Å². The predicted molar refractivity (Wildman–Crippen MR) is 164 cm³/mol. The van der Waals surface area contributed by atoms with Gasteiger partial charge in [-0.15, -0.1) is 10.2 Å². The molecule has 0 saturated heterocycles. The second-order valence-electron chi connectivity index (χ2n) is 9.10. The van der Waals surface area contributed by atoms with Gasteiger partial charge in [-0.05, 0) is 52.7 Å². The molecule has 3 aromatic carbocycles. The number of halogens is 1. The van der Waals surface area contributed by atoms with Gasteiger partial charge in [-0.25, -0.2) is 4.79 Å². The maximum absolute atomic E-state index is 13.4. The zero-order valence-electron chi connectivity index (χ0n) is 22.3. The van der Waals surface area contributed by atoms with Gasteiger partial charge in [0.25, 0.3) is 0 Å². The molecule has 0 amide bonds. The quantitative estimate of drug-likeness (QED) is 0.138. The predicted octanol–water partition coefficient (Wildman–Crippen LogP) is 6.16. The summed E-state index contributed by atoms with van der Waals surface area (Å²) in [6, 6.07) is 24.9. The first-order valence-corrected chi connectivity index (χ1v) is 15.6. The van der Waals surface area contributed by atoms with Gasteiger partial charge in [0, 0.05) is 21.5 Å². The van der Waals surface area contributed by atoms with Crippen molar-refractivity contribution in [2.75, 3.05) is 17.7 Å². The molecule has 1 aliphatic rings. The molecule has 1 N–H and O–H groups in total. The molecule has 1 aliphatic heterocycles. The molecular weight excluding hydrogens is 638 g/mol. The van der Waals surface area contributed by atoms with Crippen molar-refractivity contribution in [3.8, 4) is 16.3 Å². The number of aromatic nitrogens is 6. The topological polar surface area (TPSA) is 117 Å². The first kappa shape index (κ1) is 28.1. The van der Waals surface area contributed by atoms with E-state index in [2.05, 4.69) is 47.0 Å².